The maximum atomic E-state index is 12.5. The normalized spacial score (nSPS) is 12.8. The lowest BCUT2D eigenvalue weighted by atomic mass is 10.0. The number of nitrogens with one attached hydrogen (secondary N) is 1. The molecule has 0 aromatic carbocycles. The topological polar surface area (TPSA) is 95.9 Å². The van der Waals surface area contributed by atoms with Crippen LogP contribution >= 0.6 is 0 Å². The van der Waals surface area contributed by atoms with E-state index in [1.807, 2.05) is 0 Å². The van der Waals surface area contributed by atoms with Crippen LogP contribution in [-0.4, -0.2) is 47.4 Å². The maximum absolute atomic E-state index is 12.5. The van der Waals surface area contributed by atoms with Crippen LogP contribution in [0.4, 0.5) is 0 Å². The van der Waals surface area contributed by atoms with Crippen LogP contribution in [0.1, 0.15) is 380 Å². The van der Waals surface area contributed by atoms with Gasteiger partial charge in [-0.25, -0.2) is 0 Å². The van der Waals surface area contributed by atoms with E-state index in [4.69, 9.17) is 4.74 Å². The van der Waals surface area contributed by atoms with E-state index in [9.17, 15) is 19.8 Å². The molecule has 0 saturated carbocycles. The van der Waals surface area contributed by atoms with E-state index >= 15 is 0 Å². The Morgan fingerprint density at radius 2 is 0.633 bits per heavy atom. The second-order valence-corrected chi connectivity index (χ2v) is 24.2. The molecule has 464 valence electrons. The molecule has 0 aromatic rings. The van der Waals surface area contributed by atoms with E-state index in [-0.39, 0.29) is 18.5 Å². The highest BCUT2D eigenvalue weighted by atomic mass is 16.5. The van der Waals surface area contributed by atoms with Gasteiger partial charge < -0.3 is 20.3 Å². The smallest absolute Gasteiger partial charge is 0.305 e. The Hall–Kier alpha value is -2.18. The summed E-state index contributed by atoms with van der Waals surface area (Å²) in [5.41, 5.74) is 0. The highest BCUT2D eigenvalue weighted by Crippen LogP contribution is 2.18. The first-order chi connectivity index (χ1) is 39.0. The van der Waals surface area contributed by atoms with E-state index < -0.39 is 12.1 Å². The first kappa shape index (κ1) is 76.8. The molecule has 6 heteroatoms. The van der Waals surface area contributed by atoms with Gasteiger partial charge in [0, 0.05) is 12.8 Å². The van der Waals surface area contributed by atoms with Gasteiger partial charge in [-0.1, -0.05) is 326 Å². The van der Waals surface area contributed by atoms with E-state index in [0.717, 1.165) is 57.8 Å². The highest BCUT2D eigenvalue weighted by Gasteiger charge is 2.20. The van der Waals surface area contributed by atoms with Crippen LogP contribution in [0.5, 0.6) is 0 Å². The molecule has 0 bridgehead atoms. The molecular weight excluding hydrogens is 971 g/mol. The van der Waals surface area contributed by atoms with Crippen molar-refractivity contribution in [2.24, 2.45) is 0 Å². The number of amides is 1. The average Bonchev–Trinajstić information content (AvgIpc) is 3.45. The molecular formula is C73H137NO5. The Morgan fingerprint density at radius 3 is 0.987 bits per heavy atom. The summed E-state index contributed by atoms with van der Waals surface area (Å²) in [4.78, 5) is 24.6. The van der Waals surface area contributed by atoms with Gasteiger partial charge in [0.2, 0.25) is 5.91 Å². The monoisotopic (exact) mass is 1110 g/mol. The molecule has 6 nitrogen and oxygen atoms in total. The molecule has 0 radical (unpaired) electrons. The molecule has 79 heavy (non-hydrogen) atoms. The number of unbranched alkanes of at least 4 members (excludes halogenated alkanes) is 47. The number of allylic oxidation sites excluding steroid dienone is 8. The second kappa shape index (κ2) is 68.3. The zero-order valence-electron chi connectivity index (χ0n) is 53.1. The first-order valence-corrected chi connectivity index (χ1v) is 35.4. The van der Waals surface area contributed by atoms with Crippen molar-refractivity contribution < 1.29 is 24.5 Å². The van der Waals surface area contributed by atoms with Crippen molar-refractivity contribution in [3.63, 3.8) is 0 Å². The molecule has 0 aliphatic rings. The predicted octanol–water partition coefficient (Wildman–Crippen LogP) is 22.9. The van der Waals surface area contributed by atoms with Crippen molar-refractivity contribution in [3.8, 4) is 0 Å². The average molecular weight is 1110 g/mol. The first-order valence-electron chi connectivity index (χ1n) is 35.4. The van der Waals surface area contributed by atoms with Crippen molar-refractivity contribution in [1.82, 2.24) is 5.32 Å². The highest BCUT2D eigenvalue weighted by molar-refractivity contribution is 5.76. The summed E-state index contributed by atoms with van der Waals surface area (Å²) in [5.74, 6) is -0.0365. The summed E-state index contributed by atoms with van der Waals surface area (Å²) >= 11 is 0. The lowest BCUT2D eigenvalue weighted by molar-refractivity contribution is -0.143. The van der Waals surface area contributed by atoms with Gasteiger partial charge in [0.05, 0.1) is 25.4 Å². The quantitative estimate of drug-likeness (QED) is 0.0320. The zero-order chi connectivity index (χ0) is 57.1. The van der Waals surface area contributed by atoms with Gasteiger partial charge >= 0.3 is 5.97 Å². The molecule has 0 spiro atoms. The van der Waals surface area contributed by atoms with Crippen LogP contribution in [0, 0.1) is 0 Å². The lowest BCUT2D eigenvalue weighted by Gasteiger charge is -2.22. The second-order valence-electron chi connectivity index (χ2n) is 24.2. The van der Waals surface area contributed by atoms with Gasteiger partial charge in [0.1, 0.15) is 0 Å². The third-order valence-corrected chi connectivity index (χ3v) is 16.4. The molecule has 2 atom stereocenters. The fourth-order valence-electron chi connectivity index (χ4n) is 10.9. The number of ether oxygens (including phenoxy) is 1. The minimum atomic E-state index is -0.670. The number of esters is 1. The number of carbonyl (C=O) groups excluding carboxylic acids is 2. The van der Waals surface area contributed by atoms with Crippen molar-refractivity contribution in [1.29, 1.82) is 0 Å². The van der Waals surface area contributed by atoms with E-state index in [1.54, 1.807) is 0 Å². The molecule has 0 aromatic heterocycles. The van der Waals surface area contributed by atoms with Crippen molar-refractivity contribution in [2.75, 3.05) is 13.2 Å². The van der Waals surface area contributed by atoms with Crippen molar-refractivity contribution in [2.45, 2.75) is 392 Å². The molecule has 0 rings (SSSR count). The largest absolute Gasteiger partial charge is 0.466 e. The van der Waals surface area contributed by atoms with Gasteiger partial charge in [-0.05, 0) is 89.9 Å². The van der Waals surface area contributed by atoms with Crippen LogP contribution in [0.15, 0.2) is 48.6 Å². The Morgan fingerprint density at radius 1 is 0.354 bits per heavy atom. The molecule has 0 saturated heterocycles. The maximum Gasteiger partial charge on any atom is 0.305 e. The Bertz CT molecular complexity index is 1320. The van der Waals surface area contributed by atoms with E-state index in [2.05, 4.69) is 67.8 Å². The van der Waals surface area contributed by atoms with Gasteiger partial charge in [-0.2, -0.15) is 0 Å². The molecule has 0 aliphatic heterocycles. The number of hydrogen-bond donors (Lipinski definition) is 3. The lowest BCUT2D eigenvalue weighted by Crippen LogP contribution is -2.45. The summed E-state index contributed by atoms with van der Waals surface area (Å²) in [6.45, 7) is 4.95. The molecule has 0 heterocycles. The van der Waals surface area contributed by atoms with Gasteiger partial charge in [-0.15, -0.1) is 0 Å². The SMILES string of the molecule is CCCCC/C=C\C/C=C\CCCCCCCCCC(=O)OCCCCCCCCCCC/C=C\C/C=C\CCCCCCCCCCCC(=O)NC(CO)C(O)CCCCCCCCCCCCCCCCCCCCCC. The van der Waals surface area contributed by atoms with E-state index in [0.29, 0.717) is 25.9 Å². The summed E-state index contributed by atoms with van der Waals surface area (Å²) in [5, 5.41) is 23.4. The summed E-state index contributed by atoms with van der Waals surface area (Å²) < 4.78 is 5.49. The molecule has 1 amide bonds. The van der Waals surface area contributed by atoms with Gasteiger partial charge in [-0.3, -0.25) is 9.59 Å². The van der Waals surface area contributed by atoms with Crippen LogP contribution < -0.4 is 5.32 Å². The fraction of sp³-hybridized carbons (Fsp3) is 0.863. The van der Waals surface area contributed by atoms with E-state index in [1.165, 1.54) is 289 Å². The van der Waals surface area contributed by atoms with Gasteiger partial charge in [0.15, 0.2) is 0 Å². The standard InChI is InChI=1S/C73H137NO5/c1-3-5-7-9-11-13-15-17-19-21-22-30-34-37-41-45-49-53-57-61-65-71(76)70(69-75)74-72(77)66-62-58-54-50-46-42-38-35-31-28-26-24-23-25-27-29-32-36-40-44-48-52-56-60-64-68-79-73(78)67-63-59-55-51-47-43-39-33-20-18-16-14-12-10-8-6-4-2/h12,14,18,20,24-27,70-71,75-76H,3-11,13,15-17,19,21-23,28-69H2,1-2H3,(H,74,77)/b14-12-,20-18-,26-24-,27-25-. The minimum Gasteiger partial charge on any atom is -0.466 e. The summed E-state index contributed by atoms with van der Waals surface area (Å²) in [7, 11) is 0. The zero-order valence-corrected chi connectivity index (χ0v) is 53.1. The Labute approximate surface area is 493 Å². The fourth-order valence-corrected chi connectivity index (χ4v) is 10.9. The Balaban J connectivity index is 3.43. The van der Waals surface area contributed by atoms with Crippen molar-refractivity contribution in [3.05, 3.63) is 48.6 Å². The summed E-state index contributed by atoms with van der Waals surface area (Å²) in [6.07, 6.45) is 88.6. The number of carbonyl (C=O) groups is 2. The van der Waals surface area contributed by atoms with Crippen LogP contribution in [0.25, 0.3) is 0 Å². The predicted molar refractivity (Wildman–Crippen MR) is 347 cm³/mol. The number of aliphatic hydroxyl groups excluding tert-OH is 2. The van der Waals surface area contributed by atoms with Gasteiger partial charge in [0.25, 0.3) is 0 Å². The molecule has 0 fully saturated rings. The number of aliphatic hydroxyl groups is 2. The number of hydrogen-bond acceptors (Lipinski definition) is 5. The number of rotatable bonds is 66. The third-order valence-electron chi connectivity index (χ3n) is 16.4. The van der Waals surface area contributed by atoms with Crippen LogP contribution in [-0.2, 0) is 14.3 Å². The van der Waals surface area contributed by atoms with Crippen molar-refractivity contribution >= 4 is 11.9 Å². The molecule has 2 unspecified atom stereocenters. The minimum absolute atomic E-state index is 0.00154. The molecule has 0 aliphatic carbocycles. The third kappa shape index (κ3) is 64.8. The Kier molecular flexibility index (Phi) is 66.4. The van der Waals surface area contributed by atoms with Crippen LogP contribution in [0.2, 0.25) is 0 Å². The van der Waals surface area contributed by atoms with Crippen LogP contribution in [0.3, 0.4) is 0 Å². The molecule has 3 N–H and O–H groups in total. The summed E-state index contributed by atoms with van der Waals surface area (Å²) in [6, 6.07) is -0.548.